The number of hydrogen-bond donors (Lipinski definition) is 3. The van der Waals surface area contributed by atoms with Crippen LogP contribution in [0.4, 0.5) is 0 Å². The van der Waals surface area contributed by atoms with E-state index in [9.17, 15) is 9.59 Å². The molecule has 1 rings (SSSR count). The normalized spacial score (nSPS) is 27.5. The number of carbonyl (C=O) groups excluding carboxylic acids is 2. The molecule has 0 aromatic carbocycles. The van der Waals surface area contributed by atoms with E-state index in [4.69, 9.17) is 5.11 Å². The molecule has 15 heavy (non-hydrogen) atoms. The third-order valence-corrected chi connectivity index (χ3v) is 2.56. The summed E-state index contributed by atoms with van der Waals surface area (Å²) in [5.41, 5.74) is 0. The van der Waals surface area contributed by atoms with Crippen molar-refractivity contribution in [3.05, 3.63) is 0 Å². The van der Waals surface area contributed by atoms with Gasteiger partial charge in [0, 0.05) is 6.92 Å². The van der Waals surface area contributed by atoms with E-state index < -0.39 is 6.04 Å². The fourth-order valence-electron chi connectivity index (χ4n) is 1.76. The van der Waals surface area contributed by atoms with E-state index in [0.29, 0.717) is 6.42 Å². The largest absolute Gasteiger partial charge is 0.394 e. The summed E-state index contributed by atoms with van der Waals surface area (Å²) in [5.74, 6) is -0.389. The lowest BCUT2D eigenvalue weighted by molar-refractivity contribution is -0.129. The number of rotatable bonds is 2. The highest BCUT2D eigenvalue weighted by molar-refractivity contribution is 5.87. The average Bonchev–Trinajstić information content (AvgIpc) is 2.17. The van der Waals surface area contributed by atoms with Gasteiger partial charge in [0.25, 0.3) is 0 Å². The van der Waals surface area contributed by atoms with E-state index in [1.807, 2.05) is 0 Å². The van der Waals surface area contributed by atoms with Crippen LogP contribution < -0.4 is 10.6 Å². The van der Waals surface area contributed by atoms with Crippen LogP contribution in [-0.2, 0) is 9.59 Å². The molecular formula is C10H18N2O3. The van der Waals surface area contributed by atoms with Gasteiger partial charge in [-0.25, -0.2) is 0 Å². The van der Waals surface area contributed by atoms with Crippen molar-refractivity contribution in [3.63, 3.8) is 0 Å². The van der Waals surface area contributed by atoms with E-state index in [1.54, 1.807) is 0 Å². The van der Waals surface area contributed by atoms with Crippen LogP contribution in [-0.4, -0.2) is 35.6 Å². The molecule has 2 amide bonds. The summed E-state index contributed by atoms with van der Waals surface area (Å²) in [6.45, 7) is 1.36. The standard InChI is InChI=1S/C10H18N2O3/c1-7(14)11-9-5-3-2-4-8(6-13)12-10(9)15/h8-9,13H,2-6H2,1H3,(H,11,14)(H,12,15)/t8-,9+/m1/s1. The molecule has 5 heteroatoms. The Kier molecular flexibility index (Phi) is 4.55. The monoisotopic (exact) mass is 214 g/mol. The van der Waals surface area contributed by atoms with Crippen LogP contribution in [0.5, 0.6) is 0 Å². The minimum absolute atomic E-state index is 0.0431. The summed E-state index contributed by atoms with van der Waals surface area (Å²) in [7, 11) is 0. The van der Waals surface area contributed by atoms with Crippen LogP contribution in [0.25, 0.3) is 0 Å². The van der Waals surface area contributed by atoms with E-state index in [0.717, 1.165) is 19.3 Å². The van der Waals surface area contributed by atoms with Crippen LogP contribution in [0.1, 0.15) is 32.6 Å². The summed E-state index contributed by atoms with van der Waals surface area (Å²) in [6, 6.07) is -0.620. The molecule has 1 aliphatic heterocycles. The van der Waals surface area contributed by atoms with Gasteiger partial charge in [-0.2, -0.15) is 0 Å². The third-order valence-electron chi connectivity index (χ3n) is 2.56. The van der Waals surface area contributed by atoms with Crippen molar-refractivity contribution in [2.45, 2.75) is 44.7 Å². The first-order chi connectivity index (χ1) is 7.13. The highest BCUT2D eigenvalue weighted by Gasteiger charge is 2.23. The molecular weight excluding hydrogens is 196 g/mol. The van der Waals surface area contributed by atoms with Gasteiger partial charge in [-0.05, 0) is 12.8 Å². The predicted molar refractivity (Wildman–Crippen MR) is 55.1 cm³/mol. The molecule has 0 radical (unpaired) electrons. The molecule has 0 unspecified atom stereocenters. The number of carbonyl (C=O) groups is 2. The van der Waals surface area contributed by atoms with Crippen molar-refractivity contribution in [2.75, 3.05) is 6.61 Å². The Labute approximate surface area is 89.2 Å². The maximum Gasteiger partial charge on any atom is 0.242 e. The Morgan fingerprint density at radius 2 is 2.20 bits per heavy atom. The molecule has 0 aromatic rings. The van der Waals surface area contributed by atoms with Crippen LogP contribution >= 0.6 is 0 Å². The molecule has 0 aliphatic carbocycles. The summed E-state index contributed by atoms with van der Waals surface area (Å²) >= 11 is 0. The number of aliphatic hydroxyl groups excluding tert-OH is 1. The Balaban J connectivity index is 2.55. The first kappa shape index (κ1) is 12.0. The zero-order valence-electron chi connectivity index (χ0n) is 8.95. The fraction of sp³-hybridized carbons (Fsp3) is 0.800. The third kappa shape index (κ3) is 3.87. The van der Waals surface area contributed by atoms with Crippen molar-refractivity contribution in [1.82, 2.24) is 10.6 Å². The van der Waals surface area contributed by atoms with Gasteiger partial charge in [-0.15, -0.1) is 0 Å². The highest BCUT2D eigenvalue weighted by atomic mass is 16.3. The molecule has 5 nitrogen and oxygen atoms in total. The van der Waals surface area contributed by atoms with Crippen molar-refractivity contribution in [2.24, 2.45) is 0 Å². The van der Waals surface area contributed by atoms with E-state index in [2.05, 4.69) is 10.6 Å². The second-order valence-corrected chi connectivity index (χ2v) is 3.93. The smallest absolute Gasteiger partial charge is 0.242 e. The maximum atomic E-state index is 11.6. The van der Waals surface area contributed by atoms with Gasteiger partial charge in [-0.3, -0.25) is 9.59 Å². The fourth-order valence-corrected chi connectivity index (χ4v) is 1.76. The Hall–Kier alpha value is -1.10. The quantitative estimate of drug-likeness (QED) is 0.582. The Morgan fingerprint density at radius 1 is 1.53 bits per heavy atom. The van der Waals surface area contributed by atoms with E-state index in [1.165, 1.54) is 6.92 Å². The topological polar surface area (TPSA) is 78.4 Å². The summed E-state index contributed by atoms with van der Waals surface area (Å²) in [4.78, 5) is 22.5. The van der Waals surface area contributed by atoms with Crippen molar-refractivity contribution in [3.8, 4) is 0 Å². The Morgan fingerprint density at radius 3 is 2.80 bits per heavy atom. The van der Waals surface area contributed by atoms with Gasteiger partial charge >= 0.3 is 0 Å². The molecule has 1 fully saturated rings. The zero-order valence-corrected chi connectivity index (χ0v) is 8.95. The molecule has 1 heterocycles. The molecule has 0 bridgehead atoms. The average molecular weight is 214 g/mol. The number of amides is 2. The zero-order chi connectivity index (χ0) is 11.3. The van der Waals surface area contributed by atoms with Crippen LogP contribution in [0, 0.1) is 0 Å². The van der Waals surface area contributed by atoms with Crippen molar-refractivity contribution < 1.29 is 14.7 Å². The number of hydrogen-bond acceptors (Lipinski definition) is 3. The molecule has 2 atom stereocenters. The van der Waals surface area contributed by atoms with E-state index in [-0.39, 0.29) is 24.5 Å². The first-order valence-electron chi connectivity index (χ1n) is 5.32. The van der Waals surface area contributed by atoms with Gasteiger partial charge in [0.05, 0.1) is 12.6 Å². The molecule has 0 aromatic heterocycles. The van der Waals surface area contributed by atoms with Crippen LogP contribution in [0.2, 0.25) is 0 Å². The summed E-state index contributed by atoms with van der Waals surface area (Å²) < 4.78 is 0. The molecule has 86 valence electrons. The minimum Gasteiger partial charge on any atom is -0.394 e. The molecule has 1 aliphatic rings. The first-order valence-corrected chi connectivity index (χ1v) is 5.32. The van der Waals surface area contributed by atoms with Crippen molar-refractivity contribution in [1.29, 1.82) is 0 Å². The molecule has 3 N–H and O–H groups in total. The van der Waals surface area contributed by atoms with Gasteiger partial charge in [0.15, 0.2) is 0 Å². The summed E-state index contributed by atoms with van der Waals surface area (Å²) in [5, 5.41) is 14.3. The molecule has 0 saturated carbocycles. The molecule has 0 spiro atoms. The van der Waals surface area contributed by atoms with Gasteiger partial charge in [-0.1, -0.05) is 12.8 Å². The Bertz CT molecular complexity index is 243. The number of aliphatic hydroxyl groups is 1. The minimum atomic E-state index is -0.447. The lowest BCUT2D eigenvalue weighted by Gasteiger charge is -2.25. The lowest BCUT2D eigenvalue weighted by atomic mass is 10.0. The van der Waals surface area contributed by atoms with Gasteiger partial charge in [0.1, 0.15) is 6.04 Å². The highest BCUT2D eigenvalue weighted by Crippen LogP contribution is 2.10. The molecule has 1 saturated heterocycles. The lowest BCUT2D eigenvalue weighted by Crippen LogP contribution is -2.51. The maximum absolute atomic E-state index is 11.6. The van der Waals surface area contributed by atoms with Gasteiger partial charge in [0.2, 0.25) is 11.8 Å². The number of nitrogens with one attached hydrogen (secondary N) is 2. The predicted octanol–water partition coefficient (Wildman–Crippen LogP) is -0.458. The van der Waals surface area contributed by atoms with E-state index >= 15 is 0 Å². The second-order valence-electron chi connectivity index (χ2n) is 3.93. The summed E-state index contributed by atoms with van der Waals surface area (Å²) in [6.07, 6.45) is 3.33. The van der Waals surface area contributed by atoms with Crippen LogP contribution in [0.15, 0.2) is 0 Å². The van der Waals surface area contributed by atoms with Gasteiger partial charge < -0.3 is 15.7 Å². The second kappa shape index (κ2) is 5.70. The van der Waals surface area contributed by atoms with Crippen LogP contribution in [0.3, 0.4) is 0 Å². The SMILES string of the molecule is CC(=O)N[C@H]1CCCC[C@H](CO)NC1=O. The van der Waals surface area contributed by atoms with Crippen molar-refractivity contribution >= 4 is 11.8 Å².